The summed E-state index contributed by atoms with van der Waals surface area (Å²) in [5.41, 5.74) is 6.35. The number of halogens is 1. The van der Waals surface area contributed by atoms with Gasteiger partial charge < -0.3 is 15.9 Å². The highest BCUT2D eigenvalue weighted by Crippen LogP contribution is 2.20. The monoisotopic (exact) mass is 301 g/mol. The number of Topliss-reactive ketones (excluding diaryl/α,β-unsaturated/α-hetero) is 1. The van der Waals surface area contributed by atoms with Crippen LogP contribution in [0.4, 0.5) is 0 Å². The van der Waals surface area contributed by atoms with E-state index in [0.29, 0.717) is 22.9 Å². The SMILES string of the molecule is NCC(=O)c1ccc(C(O)C(O)CCBr)cc1. The number of carbonyl (C=O) groups excluding carboxylic acids is 1. The summed E-state index contributed by atoms with van der Waals surface area (Å²) in [6.07, 6.45) is -1.29. The molecule has 0 spiro atoms. The van der Waals surface area contributed by atoms with Crippen LogP contribution in [0.1, 0.15) is 28.4 Å². The number of aliphatic hydroxyl groups is 2. The van der Waals surface area contributed by atoms with Gasteiger partial charge in [-0.15, -0.1) is 0 Å². The first-order valence-corrected chi connectivity index (χ1v) is 6.47. The molecule has 0 bridgehead atoms. The van der Waals surface area contributed by atoms with Crippen molar-refractivity contribution in [2.75, 3.05) is 11.9 Å². The van der Waals surface area contributed by atoms with E-state index in [9.17, 15) is 15.0 Å². The Morgan fingerprint density at radius 2 is 1.88 bits per heavy atom. The van der Waals surface area contributed by atoms with E-state index in [0.717, 1.165) is 0 Å². The Morgan fingerprint density at radius 3 is 2.35 bits per heavy atom. The third kappa shape index (κ3) is 3.89. The van der Waals surface area contributed by atoms with Gasteiger partial charge >= 0.3 is 0 Å². The van der Waals surface area contributed by atoms with Crippen LogP contribution in [0, 0.1) is 0 Å². The molecule has 5 heteroatoms. The lowest BCUT2D eigenvalue weighted by Crippen LogP contribution is -2.19. The Morgan fingerprint density at radius 1 is 1.29 bits per heavy atom. The molecule has 0 aromatic heterocycles. The normalized spacial score (nSPS) is 14.4. The van der Waals surface area contributed by atoms with Crippen LogP contribution in [0.2, 0.25) is 0 Å². The van der Waals surface area contributed by atoms with Gasteiger partial charge in [0.25, 0.3) is 0 Å². The molecular weight excluding hydrogens is 286 g/mol. The minimum Gasteiger partial charge on any atom is -0.390 e. The highest BCUT2D eigenvalue weighted by molar-refractivity contribution is 9.09. The first kappa shape index (κ1) is 14.3. The lowest BCUT2D eigenvalue weighted by Gasteiger charge is -2.17. The maximum atomic E-state index is 11.3. The van der Waals surface area contributed by atoms with E-state index in [-0.39, 0.29) is 12.3 Å². The summed E-state index contributed by atoms with van der Waals surface area (Å²) in [4.78, 5) is 11.3. The predicted molar refractivity (Wildman–Crippen MR) is 69.2 cm³/mol. The topological polar surface area (TPSA) is 83.6 Å². The smallest absolute Gasteiger partial charge is 0.176 e. The molecule has 1 aromatic rings. The molecule has 17 heavy (non-hydrogen) atoms. The van der Waals surface area contributed by atoms with E-state index in [1.807, 2.05) is 0 Å². The van der Waals surface area contributed by atoms with E-state index in [1.54, 1.807) is 24.3 Å². The minimum absolute atomic E-state index is 0.0336. The van der Waals surface area contributed by atoms with Crippen molar-refractivity contribution in [2.24, 2.45) is 5.73 Å². The number of hydrogen-bond donors (Lipinski definition) is 3. The van der Waals surface area contributed by atoms with Crippen molar-refractivity contribution in [2.45, 2.75) is 18.6 Å². The zero-order chi connectivity index (χ0) is 12.8. The summed E-state index contributed by atoms with van der Waals surface area (Å²) in [5.74, 6) is -0.146. The van der Waals surface area contributed by atoms with Crippen LogP contribution in [-0.2, 0) is 0 Å². The van der Waals surface area contributed by atoms with Crippen molar-refractivity contribution in [3.63, 3.8) is 0 Å². The lowest BCUT2D eigenvalue weighted by atomic mass is 10.0. The number of rotatable bonds is 6. The number of ketones is 1. The van der Waals surface area contributed by atoms with Crippen molar-refractivity contribution >= 4 is 21.7 Å². The number of aliphatic hydroxyl groups excluding tert-OH is 2. The molecule has 94 valence electrons. The van der Waals surface area contributed by atoms with Gasteiger partial charge in [-0.1, -0.05) is 40.2 Å². The third-order valence-corrected chi connectivity index (χ3v) is 2.99. The maximum Gasteiger partial charge on any atom is 0.176 e. The van der Waals surface area contributed by atoms with E-state index in [4.69, 9.17) is 5.73 Å². The van der Waals surface area contributed by atoms with E-state index in [1.165, 1.54) is 0 Å². The summed E-state index contributed by atoms with van der Waals surface area (Å²) in [6, 6.07) is 6.47. The number of benzene rings is 1. The van der Waals surface area contributed by atoms with Crippen LogP contribution in [0.15, 0.2) is 24.3 Å². The summed E-state index contributed by atoms with van der Waals surface area (Å²) in [5, 5.41) is 20.1. The maximum absolute atomic E-state index is 11.3. The first-order valence-electron chi connectivity index (χ1n) is 5.35. The molecule has 1 rings (SSSR count). The van der Waals surface area contributed by atoms with Crippen LogP contribution in [0.5, 0.6) is 0 Å². The number of carbonyl (C=O) groups is 1. The minimum atomic E-state index is -0.936. The number of alkyl halides is 1. The highest BCUT2D eigenvalue weighted by atomic mass is 79.9. The predicted octanol–water partition coefficient (Wildman–Crippen LogP) is 1.01. The third-order valence-electron chi connectivity index (χ3n) is 2.53. The quantitative estimate of drug-likeness (QED) is 0.541. The lowest BCUT2D eigenvalue weighted by molar-refractivity contribution is 0.0173. The van der Waals surface area contributed by atoms with E-state index in [2.05, 4.69) is 15.9 Å². The molecular formula is C12H16BrNO3. The zero-order valence-electron chi connectivity index (χ0n) is 9.34. The second-order valence-corrected chi connectivity index (χ2v) is 4.53. The fourth-order valence-electron chi connectivity index (χ4n) is 1.48. The molecule has 0 saturated carbocycles. The molecule has 2 atom stereocenters. The average Bonchev–Trinajstić information content (AvgIpc) is 2.37. The van der Waals surface area contributed by atoms with Gasteiger partial charge in [-0.2, -0.15) is 0 Å². The summed E-state index contributed by atoms with van der Waals surface area (Å²) in [7, 11) is 0. The van der Waals surface area contributed by atoms with Gasteiger partial charge in [-0.05, 0) is 12.0 Å². The Kier molecular flexibility index (Phi) is 5.77. The molecule has 1 aromatic carbocycles. The fraction of sp³-hybridized carbons (Fsp3) is 0.417. The van der Waals surface area contributed by atoms with Crippen molar-refractivity contribution in [1.82, 2.24) is 0 Å². The van der Waals surface area contributed by atoms with Crippen molar-refractivity contribution in [1.29, 1.82) is 0 Å². The molecule has 0 amide bonds. The van der Waals surface area contributed by atoms with Gasteiger partial charge in [0.2, 0.25) is 0 Å². The van der Waals surface area contributed by atoms with Crippen LogP contribution < -0.4 is 5.73 Å². The largest absolute Gasteiger partial charge is 0.390 e. The number of hydrogen-bond acceptors (Lipinski definition) is 4. The molecule has 0 heterocycles. The van der Waals surface area contributed by atoms with E-state index >= 15 is 0 Å². The van der Waals surface area contributed by atoms with Crippen molar-refractivity contribution in [3.8, 4) is 0 Å². The van der Waals surface area contributed by atoms with Crippen LogP contribution in [-0.4, -0.2) is 34.0 Å². The van der Waals surface area contributed by atoms with Gasteiger partial charge in [0.1, 0.15) is 6.10 Å². The summed E-state index contributed by atoms with van der Waals surface area (Å²) < 4.78 is 0. The number of nitrogens with two attached hydrogens (primary N) is 1. The molecule has 0 fully saturated rings. The van der Waals surface area contributed by atoms with Gasteiger partial charge in [-0.3, -0.25) is 4.79 Å². The molecule has 0 saturated heterocycles. The van der Waals surface area contributed by atoms with E-state index < -0.39 is 12.2 Å². The van der Waals surface area contributed by atoms with Gasteiger partial charge in [0.15, 0.2) is 5.78 Å². The van der Waals surface area contributed by atoms with Gasteiger partial charge in [0.05, 0.1) is 12.6 Å². The second-order valence-electron chi connectivity index (χ2n) is 3.74. The zero-order valence-corrected chi connectivity index (χ0v) is 10.9. The molecule has 4 nitrogen and oxygen atoms in total. The Labute approximate surface area is 109 Å². The Hall–Kier alpha value is -0.750. The van der Waals surface area contributed by atoms with Crippen molar-refractivity contribution in [3.05, 3.63) is 35.4 Å². The standard InChI is InChI=1S/C12H16BrNO3/c13-6-5-10(15)12(17)9-3-1-8(2-4-9)11(16)7-14/h1-4,10,12,15,17H,5-7,14H2. The van der Waals surface area contributed by atoms with Crippen molar-refractivity contribution < 1.29 is 15.0 Å². The van der Waals surface area contributed by atoms with Gasteiger partial charge in [0, 0.05) is 10.9 Å². The summed E-state index contributed by atoms with van der Waals surface area (Å²) in [6.45, 7) is -0.0336. The Bertz CT molecular complexity index is 367. The molecule has 0 radical (unpaired) electrons. The fourth-order valence-corrected chi connectivity index (χ4v) is 1.94. The van der Waals surface area contributed by atoms with Gasteiger partial charge in [-0.25, -0.2) is 0 Å². The Balaban J connectivity index is 2.76. The van der Waals surface area contributed by atoms with Crippen LogP contribution in [0.3, 0.4) is 0 Å². The highest BCUT2D eigenvalue weighted by Gasteiger charge is 2.17. The molecule has 0 aliphatic heterocycles. The molecule has 0 aliphatic rings. The first-order chi connectivity index (χ1) is 8.10. The molecule has 0 aliphatic carbocycles. The molecule has 2 unspecified atom stereocenters. The van der Waals surface area contributed by atoms with Crippen LogP contribution in [0.25, 0.3) is 0 Å². The second kappa shape index (κ2) is 6.86. The van der Waals surface area contributed by atoms with Crippen LogP contribution >= 0.6 is 15.9 Å². The molecule has 4 N–H and O–H groups in total. The summed E-state index contributed by atoms with van der Waals surface area (Å²) >= 11 is 3.20. The average molecular weight is 302 g/mol.